The zero-order valence-corrected chi connectivity index (χ0v) is 20.9. The van der Waals surface area contributed by atoms with E-state index >= 15 is 0 Å². The highest BCUT2D eigenvalue weighted by atomic mass is 35.5. The van der Waals surface area contributed by atoms with Crippen LogP contribution in [0.5, 0.6) is 5.75 Å². The Morgan fingerprint density at radius 2 is 1.94 bits per heavy atom. The first-order valence-corrected chi connectivity index (χ1v) is 11.8. The molecule has 7 nitrogen and oxygen atoms in total. The van der Waals surface area contributed by atoms with E-state index in [0.717, 1.165) is 11.1 Å². The molecule has 1 aliphatic rings. The van der Waals surface area contributed by atoms with E-state index in [9.17, 15) is 9.90 Å². The number of fused-ring (bicyclic) bond motifs is 1. The lowest BCUT2D eigenvalue weighted by atomic mass is 9.75. The monoisotopic (exact) mass is 483 g/mol. The summed E-state index contributed by atoms with van der Waals surface area (Å²) in [5.74, 6) is 1.54. The van der Waals surface area contributed by atoms with Crippen LogP contribution in [0.4, 0.5) is 4.79 Å². The minimum atomic E-state index is -0.881. The van der Waals surface area contributed by atoms with Crippen molar-refractivity contribution in [1.82, 2.24) is 15.0 Å². The number of hydrogen-bond donors (Lipinski definition) is 1. The normalized spacial score (nSPS) is 16.3. The lowest BCUT2D eigenvalue weighted by Gasteiger charge is -2.33. The van der Waals surface area contributed by atoms with Gasteiger partial charge in [-0.1, -0.05) is 49.7 Å². The number of aromatic nitrogens is 2. The van der Waals surface area contributed by atoms with Crippen LogP contribution in [0.2, 0.25) is 5.02 Å². The highest BCUT2D eigenvalue weighted by Crippen LogP contribution is 2.40. The molecule has 0 fully saturated rings. The molecule has 1 aliphatic heterocycles. The quantitative estimate of drug-likeness (QED) is 0.455. The summed E-state index contributed by atoms with van der Waals surface area (Å²) >= 11 is 6.37. The molecule has 3 aromatic rings. The number of rotatable bonds is 4. The van der Waals surface area contributed by atoms with E-state index in [2.05, 4.69) is 43.0 Å². The fraction of sp³-hybridized carbons (Fsp3) is 0.423. The van der Waals surface area contributed by atoms with Crippen molar-refractivity contribution < 1.29 is 19.2 Å². The van der Waals surface area contributed by atoms with Crippen molar-refractivity contribution in [2.45, 2.75) is 53.1 Å². The molecule has 1 unspecified atom stereocenters. The summed E-state index contributed by atoms with van der Waals surface area (Å²) in [7, 11) is 0. The standard InChI is InChI=1S/C26H30ClN3O4/c1-15(2)33-22-9-7-18(13-21(22)27)24-28-23(29-34-24)17-6-8-19-16(12-17)10-11-30(25(31)32)14-20(19)26(3,4)5/h6-9,12-13,15,20H,10-11,14H2,1-5H3,(H,31,32). The predicted octanol–water partition coefficient (Wildman–Crippen LogP) is 6.51. The van der Waals surface area contributed by atoms with E-state index in [4.69, 9.17) is 20.9 Å². The smallest absolute Gasteiger partial charge is 0.407 e. The first-order chi connectivity index (χ1) is 16.0. The van der Waals surface area contributed by atoms with Gasteiger partial charge in [0.15, 0.2) is 0 Å². The van der Waals surface area contributed by atoms with E-state index in [1.54, 1.807) is 12.1 Å². The average molecular weight is 484 g/mol. The number of hydrogen-bond acceptors (Lipinski definition) is 5. The molecule has 2 heterocycles. The second kappa shape index (κ2) is 9.29. The van der Waals surface area contributed by atoms with Crippen LogP contribution in [0.25, 0.3) is 22.8 Å². The summed E-state index contributed by atoms with van der Waals surface area (Å²) in [5.41, 5.74) is 3.75. The Kier molecular flexibility index (Phi) is 6.58. The number of amides is 1. The number of carboxylic acid groups (broad SMARTS) is 1. The van der Waals surface area contributed by atoms with Crippen LogP contribution < -0.4 is 4.74 Å². The van der Waals surface area contributed by atoms with E-state index in [1.807, 2.05) is 26.0 Å². The summed E-state index contributed by atoms with van der Waals surface area (Å²) in [6, 6.07) is 11.5. The van der Waals surface area contributed by atoms with Crippen LogP contribution in [-0.2, 0) is 6.42 Å². The Morgan fingerprint density at radius 1 is 1.21 bits per heavy atom. The lowest BCUT2D eigenvalue weighted by molar-refractivity contribution is 0.135. The van der Waals surface area contributed by atoms with Crippen molar-refractivity contribution in [3.63, 3.8) is 0 Å². The number of carbonyl (C=O) groups is 1. The van der Waals surface area contributed by atoms with Gasteiger partial charge in [-0.2, -0.15) is 4.98 Å². The largest absolute Gasteiger partial charge is 0.489 e. The maximum atomic E-state index is 11.7. The van der Waals surface area contributed by atoms with E-state index in [-0.39, 0.29) is 17.4 Å². The molecule has 0 saturated heterocycles. The van der Waals surface area contributed by atoms with Gasteiger partial charge in [0.2, 0.25) is 5.82 Å². The van der Waals surface area contributed by atoms with Crippen LogP contribution in [0.3, 0.4) is 0 Å². The first kappa shape index (κ1) is 24.1. The third kappa shape index (κ3) is 5.04. The lowest BCUT2D eigenvalue weighted by Crippen LogP contribution is -2.36. The van der Waals surface area contributed by atoms with Gasteiger partial charge >= 0.3 is 6.09 Å². The van der Waals surface area contributed by atoms with Crippen molar-refractivity contribution >= 4 is 17.7 Å². The van der Waals surface area contributed by atoms with Gasteiger partial charge in [-0.05, 0) is 61.1 Å². The van der Waals surface area contributed by atoms with E-state index in [1.165, 1.54) is 10.5 Å². The minimum Gasteiger partial charge on any atom is -0.489 e. The fourth-order valence-electron chi connectivity index (χ4n) is 4.32. The summed E-state index contributed by atoms with van der Waals surface area (Å²) in [5, 5.41) is 14.3. The van der Waals surface area contributed by atoms with Crippen molar-refractivity contribution in [3.05, 3.63) is 52.5 Å². The molecule has 4 rings (SSSR count). The molecule has 8 heteroatoms. The number of nitrogens with zero attached hydrogens (tertiary/aromatic N) is 3. The van der Waals surface area contributed by atoms with Gasteiger partial charge in [0.25, 0.3) is 5.89 Å². The molecule has 1 amide bonds. The Labute approximate surface area is 204 Å². The Hall–Kier alpha value is -3.06. The highest BCUT2D eigenvalue weighted by molar-refractivity contribution is 6.32. The zero-order valence-electron chi connectivity index (χ0n) is 20.1. The Morgan fingerprint density at radius 3 is 2.59 bits per heavy atom. The zero-order chi connectivity index (χ0) is 24.6. The molecule has 1 atom stereocenters. The van der Waals surface area contributed by atoms with Crippen molar-refractivity contribution in [1.29, 1.82) is 0 Å². The van der Waals surface area contributed by atoms with Crippen molar-refractivity contribution in [3.8, 4) is 28.6 Å². The second-order valence-electron chi connectivity index (χ2n) is 10.0. The maximum absolute atomic E-state index is 11.7. The topological polar surface area (TPSA) is 88.7 Å². The van der Waals surface area contributed by atoms with Crippen LogP contribution in [0, 0.1) is 5.41 Å². The molecular formula is C26H30ClN3O4. The van der Waals surface area contributed by atoms with Crippen LogP contribution in [-0.4, -0.2) is 45.4 Å². The predicted molar refractivity (Wildman–Crippen MR) is 131 cm³/mol. The molecule has 180 valence electrons. The third-order valence-corrected chi connectivity index (χ3v) is 6.41. The SMILES string of the molecule is CC(C)Oc1ccc(-c2nc(-c3ccc4c(c3)CCN(C(=O)O)CC4C(C)(C)C)no2)cc1Cl. The van der Waals surface area contributed by atoms with Gasteiger partial charge in [-0.3, -0.25) is 0 Å². The minimum absolute atomic E-state index is 0.0204. The van der Waals surface area contributed by atoms with Gasteiger partial charge in [-0.25, -0.2) is 4.79 Å². The number of halogens is 1. The molecule has 1 N–H and O–H groups in total. The molecule has 0 saturated carbocycles. The summed E-state index contributed by atoms with van der Waals surface area (Å²) in [6.07, 6.45) is -0.222. The van der Waals surface area contributed by atoms with Crippen LogP contribution in [0.15, 0.2) is 40.9 Å². The molecule has 0 aliphatic carbocycles. The molecular weight excluding hydrogens is 454 g/mol. The van der Waals surface area contributed by atoms with Gasteiger partial charge in [-0.15, -0.1) is 0 Å². The molecule has 0 spiro atoms. The van der Waals surface area contributed by atoms with Crippen LogP contribution >= 0.6 is 11.6 Å². The molecule has 2 aromatic carbocycles. The highest BCUT2D eigenvalue weighted by Gasteiger charge is 2.33. The molecule has 0 radical (unpaired) electrons. The van der Waals surface area contributed by atoms with Gasteiger partial charge < -0.3 is 19.3 Å². The molecule has 34 heavy (non-hydrogen) atoms. The van der Waals surface area contributed by atoms with Crippen LogP contribution in [0.1, 0.15) is 51.7 Å². The van der Waals surface area contributed by atoms with Crippen molar-refractivity contribution in [2.75, 3.05) is 13.1 Å². The summed E-state index contributed by atoms with van der Waals surface area (Å²) < 4.78 is 11.2. The van der Waals surface area contributed by atoms with E-state index < -0.39 is 6.09 Å². The number of ether oxygens (including phenoxy) is 1. The summed E-state index contributed by atoms with van der Waals surface area (Å²) in [6.45, 7) is 11.3. The average Bonchev–Trinajstić information content (AvgIpc) is 3.15. The van der Waals surface area contributed by atoms with E-state index in [0.29, 0.717) is 47.6 Å². The second-order valence-corrected chi connectivity index (χ2v) is 10.5. The van der Waals surface area contributed by atoms with Crippen molar-refractivity contribution in [2.24, 2.45) is 5.41 Å². The Bertz CT molecular complexity index is 1200. The van der Waals surface area contributed by atoms with Gasteiger partial charge in [0.05, 0.1) is 11.1 Å². The summed E-state index contributed by atoms with van der Waals surface area (Å²) in [4.78, 5) is 17.8. The maximum Gasteiger partial charge on any atom is 0.407 e. The third-order valence-electron chi connectivity index (χ3n) is 6.11. The first-order valence-electron chi connectivity index (χ1n) is 11.4. The molecule has 1 aromatic heterocycles. The number of benzene rings is 2. The Balaban J connectivity index is 1.64. The van der Waals surface area contributed by atoms with Gasteiger partial charge in [0.1, 0.15) is 5.75 Å². The molecule has 0 bridgehead atoms. The fourth-order valence-corrected chi connectivity index (χ4v) is 4.55. The van der Waals surface area contributed by atoms with Gasteiger partial charge in [0, 0.05) is 30.1 Å².